The van der Waals surface area contributed by atoms with Gasteiger partial charge in [-0.1, -0.05) is 24.3 Å². The van der Waals surface area contributed by atoms with E-state index in [2.05, 4.69) is 25.6 Å². The Morgan fingerprint density at radius 1 is 1.04 bits per heavy atom. The van der Waals surface area contributed by atoms with E-state index in [0.717, 1.165) is 20.9 Å². The lowest BCUT2D eigenvalue weighted by Crippen LogP contribution is -2.13. The lowest BCUT2D eigenvalue weighted by Gasteiger charge is -2.10. The number of aromatic nitrogens is 1. The van der Waals surface area contributed by atoms with Gasteiger partial charge >= 0.3 is 0 Å². The number of sulfonamides is 1. The molecule has 142 valence electrons. The molecular formula is C18H17BrN2O4S2. The number of sulfone groups is 1. The van der Waals surface area contributed by atoms with Gasteiger partial charge in [0.15, 0.2) is 0 Å². The number of para-hydroxylation sites is 1. The second kappa shape index (κ2) is 7.57. The minimum Gasteiger partial charge on any atom is -0.278 e. The van der Waals surface area contributed by atoms with Crippen molar-refractivity contribution < 1.29 is 16.8 Å². The van der Waals surface area contributed by atoms with Crippen LogP contribution in [0.2, 0.25) is 0 Å². The maximum Gasteiger partial charge on any atom is 0.261 e. The molecule has 0 saturated heterocycles. The zero-order valence-electron chi connectivity index (χ0n) is 14.4. The summed E-state index contributed by atoms with van der Waals surface area (Å²) in [6, 6.07) is 13.4. The normalized spacial score (nSPS) is 12.2. The van der Waals surface area contributed by atoms with Gasteiger partial charge in [0, 0.05) is 16.1 Å². The molecule has 0 spiro atoms. The van der Waals surface area contributed by atoms with Crippen LogP contribution in [0.1, 0.15) is 5.56 Å². The van der Waals surface area contributed by atoms with E-state index in [1.54, 1.807) is 18.2 Å². The van der Waals surface area contributed by atoms with E-state index < -0.39 is 19.9 Å². The van der Waals surface area contributed by atoms with E-state index in [1.807, 2.05) is 18.2 Å². The molecular weight excluding hydrogens is 452 g/mol. The number of hydrogen-bond acceptors (Lipinski definition) is 5. The maximum atomic E-state index is 12.6. The largest absolute Gasteiger partial charge is 0.278 e. The smallest absolute Gasteiger partial charge is 0.261 e. The third kappa shape index (κ3) is 5.06. The average Bonchev–Trinajstić information content (AvgIpc) is 2.59. The Morgan fingerprint density at radius 3 is 2.41 bits per heavy atom. The summed E-state index contributed by atoms with van der Waals surface area (Å²) in [5, 5.41) is 0.806. The number of nitrogens with zero attached hydrogens (tertiary/aromatic N) is 1. The SMILES string of the molecule is CS(=O)(=O)CCc1ccc(S(=O)(=O)Nc2cnc3c(Br)cccc3c2)cc1. The first-order valence-electron chi connectivity index (χ1n) is 7.98. The number of nitrogens with one attached hydrogen (secondary N) is 1. The molecule has 3 rings (SSSR count). The van der Waals surface area contributed by atoms with E-state index in [-0.39, 0.29) is 10.6 Å². The van der Waals surface area contributed by atoms with Crippen LogP contribution in [0.3, 0.4) is 0 Å². The molecule has 0 unspecified atom stereocenters. The van der Waals surface area contributed by atoms with Crippen molar-refractivity contribution in [3.05, 3.63) is 64.8 Å². The molecule has 6 nitrogen and oxygen atoms in total. The van der Waals surface area contributed by atoms with E-state index >= 15 is 0 Å². The zero-order chi connectivity index (χ0) is 19.7. The Bertz CT molecular complexity index is 1190. The van der Waals surface area contributed by atoms with Crippen LogP contribution in [0.15, 0.2) is 64.1 Å². The van der Waals surface area contributed by atoms with Gasteiger partial charge in [-0.2, -0.15) is 0 Å². The number of anilines is 1. The molecule has 9 heteroatoms. The Kier molecular flexibility index (Phi) is 5.55. The predicted molar refractivity (Wildman–Crippen MR) is 110 cm³/mol. The van der Waals surface area contributed by atoms with Gasteiger partial charge in [0.2, 0.25) is 0 Å². The highest BCUT2D eigenvalue weighted by Crippen LogP contribution is 2.25. The molecule has 0 aliphatic rings. The summed E-state index contributed by atoms with van der Waals surface area (Å²) < 4.78 is 51.0. The number of pyridine rings is 1. The quantitative estimate of drug-likeness (QED) is 0.598. The van der Waals surface area contributed by atoms with Gasteiger partial charge in [0.1, 0.15) is 9.84 Å². The molecule has 1 heterocycles. The van der Waals surface area contributed by atoms with Gasteiger partial charge in [0.25, 0.3) is 10.0 Å². The van der Waals surface area contributed by atoms with Crippen molar-refractivity contribution in [2.45, 2.75) is 11.3 Å². The number of fused-ring (bicyclic) bond motifs is 1. The third-order valence-corrected chi connectivity index (χ3v) is 6.89. The van der Waals surface area contributed by atoms with Gasteiger partial charge in [-0.3, -0.25) is 9.71 Å². The second-order valence-corrected chi connectivity index (χ2v) is 11.0. The van der Waals surface area contributed by atoms with Crippen molar-refractivity contribution in [2.24, 2.45) is 0 Å². The summed E-state index contributed by atoms with van der Waals surface area (Å²) in [6.45, 7) is 0. The predicted octanol–water partition coefficient (Wildman–Crippen LogP) is 3.39. The first kappa shape index (κ1) is 19.8. The van der Waals surface area contributed by atoms with E-state index in [4.69, 9.17) is 0 Å². The molecule has 1 N–H and O–H groups in total. The molecule has 0 amide bonds. The van der Waals surface area contributed by atoms with Crippen molar-refractivity contribution in [3.63, 3.8) is 0 Å². The second-order valence-electron chi connectivity index (χ2n) is 6.16. The van der Waals surface area contributed by atoms with Crippen molar-refractivity contribution in [1.29, 1.82) is 0 Å². The molecule has 27 heavy (non-hydrogen) atoms. The summed E-state index contributed by atoms with van der Waals surface area (Å²) in [4.78, 5) is 4.39. The van der Waals surface area contributed by atoms with Crippen molar-refractivity contribution >= 4 is 52.4 Å². The minimum absolute atomic E-state index is 0.0235. The Balaban J connectivity index is 1.80. The van der Waals surface area contributed by atoms with E-state index in [1.165, 1.54) is 24.6 Å². The topological polar surface area (TPSA) is 93.2 Å². The van der Waals surface area contributed by atoms with Crippen LogP contribution in [0.4, 0.5) is 5.69 Å². The van der Waals surface area contributed by atoms with Crippen LogP contribution < -0.4 is 4.72 Å². The monoisotopic (exact) mass is 468 g/mol. The number of benzene rings is 2. The fraction of sp³-hybridized carbons (Fsp3) is 0.167. The lowest BCUT2D eigenvalue weighted by molar-refractivity contribution is 0.599. The Labute approximate surface area is 166 Å². The Hall–Kier alpha value is -1.97. The molecule has 2 aromatic carbocycles. The van der Waals surface area contributed by atoms with E-state index in [9.17, 15) is 16.8 Å². The third-order valence-electron chi connectivity index (χ3n) is 3.91. The molecule has 0 radical (unpaired) electrons. The maximum absolute atomic E-state index is 12.6. The molecule has 0 aliphatic heterocycles. The fourth-order valence-corrected chi connectivity index (χ4v) is 4.66. The summed E-state index contributed by atoms with van der Waals surface area (Å²) in [5.74, 6) is 0.0235. The summed E-state index contributed by atoms with van der Waals surface area (Å²) in [6.07, 6.45) is 2.98. The highest BCUT2D eigenvalue weighted by Gasteiger charge is 2.15. The standard InChI is InChI=1S/C18H17BrN2O4S2/c1-26(22,23)10-9-13-5-7-16(8-6-13)27(24,25)21-15-11-14-3-2-4-17(19)18(14)20-12-15/h2-8,11-12,21H,9-10H2,1H3. The number of aryl methyl sites for hydroxylation is 1. The molecule has 1 aromatic heterocycles. The molecule has 0 saturated carbocycles. The van der Waals surface area contributed by atoms with Crippen LogP contribution in [0, 0.1) is 0 Å². The van der Waals surface area contributed by atoms with Gasteiger partial charge in [-0.25, -0.2) is 16.8 Å². The van der Waals surface area contributed by atoms with E-state index in [0.29, 0.717) is 12.1 Å². The van der Waals surface area contributed by atoms with Crippen LogP contribution in [0.25, 0.3) is 10.9 Å². The van der Waals surface area contributed by atoms with Crippen LogP contribution in [-0.2, 0) is 26.3 Å². The molecule has 0 aliphatic carbocycles. The van der Waals surface area contributed by atoms with Gasteiger partial charge < -0.3 is 0 Å². The number of hydrogen-bond donors (Lipinski definition) is 1. The summed E-state index contributed by atoms with van der Waals surface area (Å²) in [7, 11) is -6.84. The fourth-order valence-electron chi connectivity index (χ4n) is 2.53. The van der Waals surface area contributed by atoms with Crippen molar-refractivity contribution in [2.75, 3.05) is 16.7 Å². The number of rotatable bonds is 6. The lowest BCUT2D eigenvalue weighted by atomic mass is 10.2. The van der Waals surface area contributed by atoms with Crippen LogP contribution in [-0.4, -0.2) is 33.8 Å². The van der Waals surface area contributed by atoms with Gasteiger partial charge in [-0.15, -0.1) is 0 Å². The molecule has 0 fully saturated rings. The average molecular weight is 469 g/mol. The van der Waals surface area contributed by atoms with Crippen LogP contribution >= 0.6 is 15.9 Å². The first-order valence-corrected chi connectivity index (χ1v) is 12.3. The Morgan fingerprint density at radius 2 is 1.74 bits per heavy atom. The highest BCUT2D eigenvalue weighted by molar-refractivity contribution is 9.10. The van der Waals surface area contributed by atoms with Crippen molar-refractivity contribution in [3.8, 4) is 0 Å². The van der Waals surface area contributed by atoms with Gasteiger partial charge in [0.05, 0.1) is 28.0 Å². The zero-order valence-corrected chi connectivity index (χ0v) is 17.6. The van der Waals surface area contributed by atoms with Crippen molar-refractivity contribution in [1.82, 2.24) is 4.98 Å². The molecule has 0 atom stereocenters. The highest BCUT2D eigenvalue weighted by atomic mass is 79.9. The van der Waals surface area contributed by atoms with Gasteiger partial charge in [-0.05, 0) is 52.2 Å². The minimum atomic E-state index is -3.77. The summed E-state index contributed by atoms with van der Waals surface area (Å²) in [5.41, 5.74) is 1.87. The first-order chi connectivity index (χ1) is 12.6. The molecule has 0 bridgehead atoms. The van der Waals surface area contributed by atoms with Crippen LogP contribution in [0.5, 0.6) is 0 Å². The summed E-state index contributed by atoms with van der Waals surface area (Å²) >= 11 is 3.41. The number of halogens is 1. The molecule has 3 aromatic rings.